The van der Waals surface area contributed by atoms with E-state index in [0.717, 1.165) is 64.1 Å². The van der Waals surface area contributed by atoms with Crippen LogP contribution >= 0.6 is 0 Å². The number of aryl methyl sites for hydroxylation is 1. The van der Waals surface area contributed by atoms with Gasteiger partial charge in [-0.25, -0.2) is 9.97 Å². The Labute approximate surface area is 345 Å². The maximum Gasteiger partial charge on any atom is 0.296 e. The van der Waals surface area contributed by atoms with Crippen molar-refractivity contribution in [1.82, 2.24) is 19.1 Å². The van der Waals surface area contributed by atoms with Gasteiger partial charge in [-0.3, -0.25) is 4.18 Å². The summed E-state index contributed by atoms with van der Waals surface area (Å²) in [7, 11) is -3.75. The fourth-order valence-corrected chi connectivity index (χ4v) is 7.69. The number of para-hydroxylation sites is 2. The molecule has 0 N–H and O–H groups in total. The third-order valence-electron chi connectivity index (χ3n) is 9.92. The Hall–Kier alpha value is -6.49. The number of fused-ring (bicyclic) bond motifs is 4. The van der Waals surface area contributed by atoms with Gasteiger partial charge in [-0.1, -0.05) is 87.0 Å². The van der Waals surface area contributed by atoms with Crippen molar-refractivity contribution in [3.05, 3.63) is 164 Å². The summed E-state index contributed by atoms with van der Waals surface area (Å²) in [6.07, 6.45) is 10.5. The second kappa shape index (κ2) is 18.4. The summed E-state index contributed by atoms with van der Waals surface area (Å²) in [5.41, 5.74) is 3.28. The first-order valence-electron chi connectivity index (χ1n) is 19.5. The van der Waals surface area contributed by atoms with Crippen molar-refractivity contribution < 1.29 is 22.1 Å². The Morgan fingerprint density at radius 3 is 1.58 bits per heavy atom. The van der Waals surface area contributed by atoms with E-state index in [9.17, 15) is 8.42 Å². The average Bonchev–Trinajstić information content (AvgIpc) is 3.89. The molecule has 59 heavy (non-hydrogen) atoms. The molecule has 9 rings (SSSR count). The number of hydrogen-bond acceptors (Lipinski definition) is 7. The lowest BCUT2D eigenvalue weighted by Gasteiger charge is -2.10. The SMILES string of the molecule is C.CCCCOc1ccc2cc(-n3ccc4ccccc43)ncc2c1.Cc1ccc(S(=O)(=O)OCCCOc2ccc3cc(-n4ccc5ccccc54)ncc3c2)cc1. The number of nitrogens with zero attached hydrogens (tertiary/aromatic N) is 4. The second-order valence-electron chi connectivity index (χ2n) is 14.1. The predicted molar refractivity (Wildman–Crippen MR) is 239 cm³/mol. The van der Waals surface area contributed by atoms with E-state index >= 15 is 0 Å². The fourth-order valence-electron chi connectivity index (χ4n) is 6.75. The Kier molecular flexibility index (Phi) is 12.7. The Morgan fingerprint density at radius 1 is 0.542 bits per heavy atom. The van der Waals surface area contributed by atoms with E-state index in [2.05, 4.69) is 105 Å². The number of rotatable bonds is 13. The topological polar surface area (TPSA) is 97.5 Å². The highest BCUT2D eigenvalue weighted by atomic mass is 32.2. The van der Waals surface area contributed by atoms with Crippen LogP contribution in [0.1, 0.15) is 39.2 Å². The molecule has 0 spiro atoms. The third-order valence-corrected chi connectivity index (χ3v) is 11.2. The number of unbranched alkanes of at least 4 members (excludes halogenated alkanes) is 1. The molecule has 5 aromatic carbocycles. The summed E-state index contributed by atoms with van der Waals surface area (Å²) < 4.78 is 45.4. The van der Waals surface area contributed by atoms with E-state index in [1.165, 1.54) is 21.7 Å². The van der Waals surface area contributed by atoms with Crippen molar-refractivity contribution in [2.24, 2.45) is 0 Å². The van der Waals surface area contributed by atoms with Crippen molar-refractivity contribution in [2.45, 2.75) is 45.4 Å². The first-order chi connectivity index (χ1) is 28.3. The van der Waals surface area contributed by atoms with Crippen LogP contribution < -0.4 is 9.47 Å². The van der Waals surface area contributed by atoms with Gasteiger partial charge in [0.2, 0.25) is 0 Å². The molecule has 300 valence electrons. The zero-order valence-corrected chi connectivity index (χ0v) is 33.3. The molecule has 0 unspecified atom stereocenters. The van der Waals surface area contributed by atoms with Crippen molar-refractivity contribution in [1.29, 1.82) is 0 Å². The molecular formula is C49H48N4O5S. The molecule has 0 aliphatic rings. The smallest absolute Gasteiger partial charge is 0.296 e. The van der Waals surface area contributed by atoms with E-state index < -0.39 is 10.1 Å². The lowest BCUT2D eigenvalue weighted by Crippen LogP contribution is -2.10. The maximum atomic E-state index is 12.2. The summed E-state index contributed by atoms with van der Waals surface area (Å²) in [6, 6.07) is 43.6. The summed E-state index contributed by atoms with van der Waals surface area (Å²) in [5.74, 6) is 3.41. The lowest BCUT2D eigenvalue weighted by molar-refractivity contribution is 0.251. The normalized spacial score (nSPS) is 11.4. The van der Waals surface area contributed by atoms with Gasteiger partial charge in [-0.15, -0.1) is 0 Å². The minimum Gasteiger partial charge on any atom is -0.494 e. The van der Waals surface area contributed by atoms with Gasteiger partial charge in [0.15, 0.2) is 0 Å². The molecule has 4 aromatic heterocycles. The molecule has 0 aliphatic carbocycles. The molecule has 0 amide bonds. The Bertz CT molecular complexity index is 2940. The Morgan fingerprint density at radius 2 is 1.05 bits per heavy atom. The highest BCUT2D eigenvalue weighted by molar-refractivity contribution is 7.86. The molecule has 0 bridgehead atoms. The maximum absolute atomic E-state index is 12.2. The summed E-state index contributed by atoms with van der Waals surface area (Å²) in [6.45, 7) is 5.23. The molecule has 0 radical (unpaired) electrons. The van der Waals surface area contributed by atoms with Crippen LogP contribution in [0.3, 0.4) is 0 Å². The molecule has 0 fully saturated rings. The number of aromatic nitrogens is 4. The summed E-state index contributed by atoms with van der Waals surface area (Å²) in [4.78, 5) is 9.44. The zero-order valence-electron chi connectivity index (χ0n) is 32.5. The van der Waals surface area contributed by atoms with Crippen LogP contribution in [-0.2, 0) is 14.3 Å². The van der Waals surface area contributed by atoms with Crippen LogP contribution in [0.5, 0.6) is 11.5 Å². The first kappa shape index (κ1) is 40.7. The molecule has 0 aliphatic heterocycles. The van der Waals surface area contributed by atoms with Crippen molar-refractivity contribution in [2.75, 3.05) is 19.8 Å². The van der Waals surface area contributed by atoms with Gasteiger partial charge >= 0.3 is 0 Å². The minimum absolute atomic E-state index is 0. The monoisotopic (exact) mass is 804 g/mol. The third kappa shape index (κ3) is 9.46. The number of benzene rings is 5. The molecular weight excluding hydrogens is 757 g/mol. The number of ether oxygens (including phenoxy) is 2. The van der Waals surface area contributed by atoms with Gasteiger partial charge in [0.25, 0.3) is 10.1 Å². The van der Waals surface area contributed by atoms with Crippen LogP contribution in [0.2, 0.25) is 0 Å². The van der Waals surface area contributed by atoms with E-state index in [1.807, 2.05) is 61.9 Å². The van der Waals surface area contributed by atoms with Gasteiger partial charge in [0.05, 0.1) is 35.7 Å². The highest BCUT2D eigenvalue weighted by Crippen LogP contribution is 2.27. The van der Waals surface area contributed by atoms with E-state index in [1.54, 1.807) is 24.3 Å². The number of pyridine rings is 2. The summed E-state index contributed by atoms with van der Waals surface area (Å²) >= 11 is 0. The van der Waals surface area contributed by atoms with Crippen LogP contribution in [0.25, 0.3) is 55.0 Å². The molecule has 4 heterocycles. The van der Waals surface area contributed by atoms with Gasteiger partial charge in [-0.05, 0) is 108 Å². The van der Waals surface area contributed by atoms with Gasteiger partial charge in [0, 0.05) is 42.0 Å². The fraction of sp³-hybridized carbons (Fsp3) is 0.184. The van der Waals surface area contributed by atoms with Crippen molar-refractivity contribution in [3.63, 3.8) is 0 Å². The quantitative estimate of drug-likeness (QED) is 0.0845. The van der Waals surface area contributed by atoms with Crippen LogP contribution in [0.4, 0.5) is 0 Å². The largest absolute Gasteiger partial charge is 0.494 e. The van der Waals surface area contributed by atoms with Gasteiger partial charge in [-0.2, -0.15) is 8.42 Å². The molecule has 9 aromatic rings. The molecule has 9 nitrogen and oxygen atoms in total. The minimum atomic E-state index is -3.75. The standard InChI is InChI=1S/C27H24N2O4S.C21H20N2O.CH4/c1-20-7-11-25(12-8-20)34(30,31)33-16-4-15-32-24-10-9-22-18-27(28-19-23(22)17-24)29-14-13-21-5-2-3-6-26(21)29;1-2-3-12-24-19-9-8-17-14-21(22-15-18(17)13-19)23-11-10-16-6-4-5-7-20(16)23;/h2-3,5-14,17-19H,4,15-16H2,1H3;4-11,13-15H,2-3,12H2,1H3;1H4. The van der Waals surface area contributed by atoms with Crippen LogP contribution in [0, 0.1) is 6.92 Å². The van der Waals surface area contributed by atoms with Gasteiger partial charge < -0.3 is 18.6 Å². The zero-order chi connectivity index (χ0) is 39.9. The van der Waals surface area contributed by atoms with E-state index in [0.29, 0.717) is 18.8 Å². The lowest BCUT2D eigenvalue weighted by atomic mass is 10.1. The second-order valence-corrected chi connectivity index (χ2v) is 15.7. The van der Waals surface area contributed by atoms with Crippen molar-refractivity contribution in [3.8, 4) is 23.1 Å². The highest BCUT2D eigenvalue weighted by Gasteiger charge is 2.14. The average molecular weight is 805 g/mol. The van der Waals surface area contributed by atoms with E-state index in [4.69, 9.17) is 13.7 Å². The van der Waals surface area contributed by atoms with Crippen LogP contribution in [-0.4, -0.2) is 47.3 Å². The molecule has 10 heteroatoms. The predicted octanol–water partition coefficient (Wildman–Crippen LogP) is 11.7. The molecule has 0 saturated carbocycles. The van der Waals surface area contributed by atoms with Gasteiger partial charge in [0.1, 0.15) is 23.1 Å². The summed E-state index contributed by atoms with van der Waals surface area (Å²) in [5, 5.41) is 6.69. The Balaban J connectivity index is 0.000000186. The van der Waals surface area contributed by atoms with E-state index in [-0.39, 0.29) is 18.9 Å². The molecule has 0 atom stereocenters. The van der Waals surface area contributed by atoms with Crippen molar-refractivity contribution >= 4 is 53.5 Å². The number of hydrogen-bond donors (Lipinski definition) is 0. The van der Waals surface area contributed by atoms with Crippen LogP contribution in [0.15, 0.2) is 163 Å². The first-order valence-corrected chi connectivity index (χ1v) is 20.9. The molecule has 0 saturated heterocycles.